The van der Waals surface area contributed by atoms with Gasteiger partial charge >= 0.3 is 0 Å². The van der Waals surface area contributed by atoms with E-state index in [1.165, 1.54) is 13.1 Å². The summed E-state index contributed by atoms with van der Waals surface area (Å²) in [6, 6.07) is 16.3. The van der Waals surface area contributed by atoms with Crippen molar-refractivity contribution in [3.63, 3.8) is 0 Å². The highest BCUT2D eigenvalue weighted by atomic mass is 32.2. The number of likely N-dealkylation sites (N-methyl/N-ethyl adjacent to an activating group) is 1. The number of carbonyl (C=O) groups is 1. The van der Waals surface area contributed by atoms with Gasteiger partial charge in [-0.15, -0.1) is 0 Å². The number of carbonyl (C=O) groups excluding carboxylic acids is 1. The van der Waals surface area contributed by atoms with Crippen molar-refractivity contribution < 1.29 is 13.2 Å². The van der Waals surface area contributed by atoms with E-state index in [4.69, 9.17) is 0 Å². The van der Waals surface area contributed by atoms with Crippen LogP contribution in [0.1, 0.15) is 11.3 Å². The number of pyridine rings is 1. The highest BCUT2D eigenvalue weighted by Gasteiger charge is 2.18. The van der Waals surface area contributed by atoms with Crippen molar-refractivity contribution in [3.05, 3.63) is 83.7 Å². The lowest BCUT2D eigenvalue weighted by atomic mass is 10.2. The molecule has 1 amide bonds. The Labute approximate surface area is 169 Å². The monoisotopic (exact) mass is 411 g/mol. The van der Waals surface area contributed by atoms with Crippen LogP contribution in [0, 0.1) is 0 Å². The molecule has 0 saturated carbocycles. The van der Waals surface area contributed by atoms with Gasteiger partial charge in [-0.1, -0.05) is 36.4 Å². The zero-order valence-corrected chi connectivity index (χ0v) is 16.7. The van der Waals surface area contributed by atoms with E-state index in [1.807, 2.05) is 36.4 Å². The number of nitrogens with one attached hydrogen (secondary N) is 1. The maximum absolute atomic E-state index is 12.4. The van der Waals surface area contributed by atoms with Gasteiger partial charge in [0.1, 0.15) is 5.82 Å². The number of benzene rings is 1. The average Bonchev–Trinajstić information content (AvgIpc) is 3.14. The van der Waals surface area contributed by atoms with E-state index in [0.29, 0.717) is 12.4 Å². The first-order valence-corrected chi connectivity index (χ1v) is 10.4. The number of amides is 1. The zero-order valence-electron chi connectivity index (χ0n) is 15.8. The molecule has 1 N–H and O–H groups in total. The molecule has 0 fully saturated rings. The van der Waals surface area contributed by atoms with E-state index in [1.54, 1.807) is 35.3 Å². The van der Waals surface area contributed by atoms with Crippen LogP contribution in [0.3, 0.4) is 0 Å². The number of rotatable bonds is 8. The fourth-order valence-corrected chi connectivity index (χ4v) is 3.35. The minimum absolute atomic E-state index is 0.323. The quantitative estimate of drug-likeness (QED) is 0.613. The maximum Gasteiger partial charge on any atom is 0.240 e. The third-order valence-corrected chi connectivity index (χ3v) is 5.53. The lowest BCUT2D eigenvalue weighted by Gasteiger charge is -2.15. The zero-order chi connectivity index (χ0) is 20.7. The molecule has 2 heterocycles. The molecule has 0 bridgehead atoms. The van der Waals surface area contributed by atoms with Gasteiger partial charge in [-0.2, -0.15) is 9.40 Å². The van der Waals surface area contributed by atoms with Crippen LogP contribution in [0.15, 0.2) is 72.4 Å². The van der Waals surface area contributed by atoms with Gasteiger partial charge in [0.05, 0.1) is 25.0 Å². The molecule has 0 unspecified atom stereocenters. The Morgan fingerprint density at radius 3 is 2.59 bits per heavy atom. The van der Waals surface area contributed by atoms with Gasteiger partial charge < -0.3 is 5.32 Å². The number of anilines is 1. The van der Waals surface area contributed by atoms with Crippen LogP contribution in [0.25, 0.3) is 6.08 Å². The fourth-order valence-electron chi connectivity index (χ4n) is 2.52. The highest BCUT2D eigenvalue weighted by molar-refractivity contribution is 7.92. The molecule has 9 heteroatoms. The standard InChI is InChI=1S/C20H21N5O3S/c1-24(29(27,28)14-11-17-7-3-2-4-8-17)16-20(26)23-19-10-13-22-25(19)15-18-9-5-6-12-21-18/h2-14H,15-16H2,1H3,(H,23,26)/b14-11+. The van der Waals surface area contributed by atoms with Crippen LogP contribution in [0.5, 0.6) is 0 Å². The van der Waals surface area contributed by atoms with Gasteiger partial charge in [-0.05, 0) is 23.8 Å². The van der Waals surface area contributed by atoms with E-state index in [2.05, 4.69) is 15.4 Å². The molecule has 0 aliphatic rings. The van der Waals surface area contributed by atoms with Gasteiger partial charge in [-0.25, -0.2) is 13.1 Å². The summed E-state index contributed by atoms with van der Waals surface area (Å²) in [6.45, 7) is 0.0631. The Morgan fingerprint density at radius 2 is 1.86 bits per heavy atom. The summed E-state index contributed by atoms with van der Waals surface area (Å²) in [6.07, 6.45) is 4.73. The molecule has 0 saturated heterocycles. The van der Waals surface area contributed by atoms with Crippen LogP contribution in [-0.4, -0.2) is 47.0 Å². The second-order valence-electron chi connectivity index (χ2n) is 6.26. The third-order valence-electron chi connectivity index (χ3n) is 4.05. The normalized spacial score (nSPS) is 11.8. The molecule has 0 radical (unpaired) electrons. The Bertz CT molecular complexity index is 1080. The van der Waals surface area contributed by atoms with Crippen LogP contribution in [-0.2, 0) is 21.4 Å². The van der Waals surface area contributed by atoms with Crippen molar-refractivity contribution in [1.29, 1.82) is 0 Å². The van der Waals surface area contributed by atoms with Crippen molar-refractivity contribution in [1.82, 2.24) is 19.1 Å². The summed E-state index contributed by atoms with van der Waals surface area (Å²) in [5, 5.41) is 7.95. The van der Waals surface area contributed by atoms with Crippen molar-refractivity contribution in [2.75, 3.05) is 18.9 Å². The first-order chi connectivity index (χ1) is 13.9. The molecule has 1 aromatic carbocycles. The van der Waals surface area contributed by atoms with Gasteiger partial charge in [0.2, 0.25) is 15.9 Å². The minimum Gasteiger partial charge on any atom is -0.310 e. The smallest absolute Gasteiger partial charge is 0.240 e. The highest BCUT2D eigenvalue weighted by Crippen LogP contribution is 2.10. The summed E-state index contributed by atoms with van der Waals surface area (Å²) in [7, 11) is -2.38. The molecule has 8 nitrogen and oxygen atoms in total. The molecule has 0 aliphatic heterocycles. The van der Waals surface area contributed by atoms with Crippen LogP contribution in [0.2, 0.25) is 0 Å². The number of aromatic nitrogens is 3. The molecule has 2 aromatic heterocycles. The van der Waals surface area contributed by atoms with E-state index in [0.717, 1.165) is 21.0 Å². The lowest BCUT2D eigenvalue weighted by molar-refractivity contribution is -0.116. The topological polar surface area (TPSA) is 97.2 Å². The predicted octanol–water partition coefficient (Wildman–Crippen LogP) is 2.20. The SMILES string of the molecule is CN(CC(=O)Nc1ccnn1Cc1ccccn1)S(=O)(=O)/C=C/c1ccccc1. The second kappa shape index (κ2) is 9.26. The molecular weight excluding hydrogens is 390 g/mol. The van der Waals surface area contributed by atoms with Crippen molar-refractivity contribution >= 4 is 27.8 Å². The Balaban J connectivity index is 1.61. The summed E-state index contributed by atoms with van der Waals surface area (Å²) >= 11 is 0. The second-order valence-corrected chi connectivity index (χ2v) is 8.18. The van der Waals surface area contributed by atoms with Gasteiger partial charge in [0.25, 0.3) is 0 Å². The molecule has 0 aliphatic carbocycles. The Kier molecular flexibility index (Phi) is 6.53. The summed E-state index contributed by atoms with van der Waals surface area (Å²) in [5.74, 6) is -0.00163. The van der Waals surface area contributed by atoms with E-state index >= 15 is 0 Å². The number of hydrogen-bond acceptors (Lipinski definition) is 5. The maximum atomic E-state index is 12.4. The molecular formula is C20H21N5O3S. The van der Waals surface area contributed by atoms with Crippen molar-refractivity contribution in [2.45, 2.75) is 6.54 Å². The summed E-state index contributed by atoms with van der Waals surface area (Å²) in [4.78, 5) is 16.6. The Morgan fingerprint density at radius 1 is 1.10 bits per heavy atom. The van der Waals surface area contributed by atoms with E-state index in [-0.39, 0.29) is 6.54 Å². The van der Waals surface area contributed by atoms with E-state index < -0.39 is 15.9 Å². The van der Waals surface area contributed by atoms with E-state index in [9.17, 15) is 13.2 Å². The fraction of sp³-hybridized carbons (Fsp3) is 0.150. The van der Waals surface area contributed by atoms with Crippen molar-refractivity contribution in [3.8, 4) is 0 Å². The molecule has 29 heavy (non-hydrogen) atoms. The van der Waals surface area contributed by atoms with Crippen LogP contribution in [0.4, 0.5) is 5.82 Å². The molecule has 3 aromatic rings. The summed E-state index contributed by atoms with van der Waals surface area (Å²) < 4.78 is 27.3. The summed E-state index contributed by atoms with van der Waals surface area (Å²) in [5.41, 5.74) is 1.55. The number of sulfonamides is 1. The molecule has 0 atom stereocenters. The lowest BCUT2D eigenvalue weighted by Crippen LogP contribution is -2.34. The number of nitrogens with zero attached hydrogens (tertiary/aromatic N) is 4. The largest absolute Gasteiger partial charge is 0.310 e. The predicted molar refractivity (Wildman–Crippen MR) is 111 cm³/mol. The molecule has 150 valence electrons. The Hall–Kier alpha value is -3.30. The van der Waals surface area contributed by atoms with Crippen molar-refractivity contribution in [2.24, 2.45) is 0 Å². The van der Waals surface area contributed by atoms with Crippen LogP contribution < -0.4 is 5.32 Å². The van der Waals surface area contributed by atoms with Gasteiger partial charge in [0.15, 0.2) is 0 Å². The molecule has 0 spiro atoms. The first kappa shape index (κ1) is 20.4. The third kappa shape index (κ3) is 5.84. The van der Waals surface area contributed by atoms with Gasteiger partial charge in [-0.3, -0.25) is 9.78 Å². The minimum atomic E-state index is -3.73. The number of hydrogen-bond donors (Lipinski definition) is 1. The van der Waals surface area contributed by atoms with Gasteiger partial charge in [0, 0.05) is 24.7 Å². The first-order valence-electron chi connectivity index (χ1n) is 8.85. The molecule has 3 rings (SSSR count). The van der Waals surface area contributed by atoms with Crippen LogP contribution >= 0.6 is 0 Å². The average molecular weight is 411 g/mol.